The van der Waals surface area contributed by atoms with Gasteiger partial charge in [0, 0.05) is 16.4 Å². The Morgan fingerprint density at radius 3 is 2.20 bits per heavy atom. The van der Waals surface area contributed by atoms with Crippen LogP contribution in [0.5, 0.6) is 5.75 Å². The highest BCUT2D eigenvalue weighted by molar-refractivity contribution is 7.92. The van der Waals surface area contributed by atoms with E-state index in [0.717, 1.165) is 5.56 Å². The summed E-state index contributed by atoms with van der Waals surface area (Å²) in [6, 6.07) is 18.2. The number of aryl methyl sites for hydroxylation is 2. The van der Waals surface area contributed by atoms with Gasteiger partial charge in [0.2, 0.25) is 0 Å². The minimum Gasteiger partial charge on any atom is -0.483 e. The number of ether oxygens (including phenoxy) is 1. The average molecular weight is 445 g/mol. The molecule has 0 spiro atoms. The number of carbonyl (C=O) groups is 1. The van der Waals surface area contributed by atoms with Crippen molar-refractivity contribution in [1.82, 2.24) is 0 Å². The van der Waals surface area contributed by atoms with Gasteiger partial charge >= 0.3 is 0 Å². The van der Waals surface area contributed by atoms with E-state index in [0.29, 0.717) is 27.7 Å². The molecule has 0 aliphatic heterocycles. The molecule has 156 valence electrons. The zero-order chi connectivity index (χ0) is 21.7. The molecule has 3 aromatic carbocycles. The first-order valence-corrected chi connectivity index (χ1v) is 11.0. The molecule has 3 aromatic rings. The Labute approximate surface area is 180 Å². The summed E-state index contributed by atoms with van der Waals surface area (Å²) >= 11 is 5.82. The van der Waals surface area contributed by atoms with Crippen molar-refractivity contribution in [2.75, 3.05) is 16.6 Å². The summed E-state index contributed by atoms with van der Waals surface area (Å²) in [6.07, 6.45) is 0. The Morgan fingerprint density at radius 2 is 1.57 bits per heavy atom. The van der Waals surface area contributed by atoms with Crippen LogP contribution >= 0.6 is 11.6 Å². The van der Waals surface area contributed by atoms with Gasteiger partial charge in [0.1, 0.15) is 5.75 Å². The van der Waals surface area contributed by atoms with E-state index in [-0.39, 0.29) is 17.4 Å². The number of benzene rings is 3. The van der Waals surface area contributed by atoms with Crippen LogP contribution in [0.1, 0.15) is 11.1 Å². The molecule has 0 aliphatic rings. The fourth-order valence-electron chi connectivity index (χ4n) is 2.66. The van der Waals surface area contributed by atoms with Crippen molar-refractivity contribution < 1.29 is 17.9 Å². The van der Waals surface area contributed by atoms with Crippen LogP contribution in [0.4, 0.5) is 11.4 Å². The molecular formula is C22H21ClN2O4S. The average Bonchev–Trinajstić information content (AvgIpc) is 2.70. The summed E-state index contributed by atoms with van der Waals surface area (Å²) in [7, 11) is -3.77. The fraction of sp³-hybridized carbons (Fsp3) is 0.136. The van der Waals surface area contributed by atoms with Gasteiger partial charge in [0.05, 0.1) is 4.90 Å². The number of nitrogens with one attached hydrogen (secondary N) is 2. The Morgan fingerprint density at radius 1 is 0.933 bits per heavy atom. The van der Waals surface area contributed by atoms with Crippen molar-refractivity contribution in [2.24, 2.45) is 0 Å². The summed E-state index contributed by atoms with van der Waals surface area (Å²) in [5.74, 6) is 0.124. The van der Waals surface area contributed by atoms with Gasteiger partial charge in [-0.05, 0) is 74.0 Å². The van der Waals surface area contributed by atoms with Crippen molar-refractivity contribution in [1.29, 1.82) is 0 Å². The zero-order valence-electron chi connectivity index (χ0n) is 16.5. The number of hydrogen-bond acceptors (Lipinski definition) is 4. The van der Waals surface area contributed by atoms with Gasteiger partial charge in [-0.2, -0.15) is 0 Å². The molecule has 0 saturated heterocycles. The smallest absolute Gasteiger partial charge is 0.262 e. The van der Waals surface area contributed by atoms with Crippen molar-refractivity contribution >= 4 is 38.9 Å². The standard InChI is InChI=1S/C22H21ClN2O4S/c1-15-3-7-18(8-4-15)24-22(26)14-29-21-12-11-20(13-16(21)2)30(27,28)25-19-9-5-17(23)6-10-19/h3-13,25H,14H2,1-2H3,(H,24,26). The predicted molar refractivity (Wildman–Crippen MR) is 119 cm³/mol. The third kappa shape index (κ3) is 5.75. The van der Waals surface area contributed by atoms with Gasteiger partial charge in [0.25, 0.3) is 15.9 Å². The molecular weight excluding hydrogens is 424 g/mol. The van der Waals surface area contributed by atoms with Gasteiger partial charge < -0.3 is 10.1 Å². The van der Waals surface area contributed by atoms with Crippen molar-refractivity contribution in [2.45, 2.75) is 18.7 Å². The number of halogens is 1. The number of anilines is 2. The summed E-state index contributed by atoms with van der Waals surface area (Å²) in [5.41, 5.74) is 2.78. The molecule has 0 radical (unpaired) electrons. The number of hydrogen-bond donors (Lipinski definition) is 2. The van der Waals surface area contributed by atoms with Crippen LogP contribution in [0.2, 0.25) is 5.02 Å². The summed E-state index contributed by atoms with van der Waals surface area (Å²) in [4.78, 5) is 12.2. The Bertz CT molecular complexity index is 1140. The van der Waals surface area contributed by atoms with Gasteiger partial charge in [-0.15, -0.1) is 0 Å². The lowest BCUT2D eigenvalue weighted by Crippen LogP contribution is -2.20. The second kappa shape index (κ2) is 9.19. The topological polar surface area (TPSA) is 84.5 Å². The Balaban J connectivity index is 1.63. The first-order valence-electron chi connectivity index (χ1n) is 9.11. The molecule has 0 unspecified atom stereocenters. The molecule has 0 fully saturated rings. The zero-order valence-corrected chi connectivity index (χ0v) is 18.0. The molecule has 30 heavy (non-hydrogen) atoms. The summed E-state index contributed by atoms with van der Waals surface area (Å²) in [6.45, 7) is 3.49. The largest absolute Gasteiger partial charge is 0.483 e. The van der Waals surface area contributed by atoms with Crippen LogP contribution in [-0.4, -0.2) is 20.9 Å². The molecule has 0 atom stereocenters. The Kier molecular flexibility index (Phi) is 6.64. The van der Waals surface area contributed by atoms with Crippen molar-refractivity contribution in [3.8, 4) is 5.75 Å². The molecule has 0 aromatic heterocycles. The van der Waals surface area contributed by atoms with Gasteiger partial charge in [-0.25, -0.2) is 8.42 Å². The normalized spacial score (nSPS) is 11.0. The van der Waals surface area contributed by atoms with Crippen LogP contribution in [0.15, 0.2) is 71.6 Å². The minimum absolute atomic E-state index is 0.0893. The molecule has 8 heteroatoms. The van der Waals surface area contributed by atoms with E-state index in [9.17, 15) is 13.2 Å². The van der Waals surface area contributed by atoms with Crippen molar-refractivity contribution in [3.63, 3.8) is 0 Å². The van der Waals surface area contributed by atoms with Gasteiger partial charge in [-0.1, -0.05) is 29.3 Å². The molecule has 0 saturated carbocycles. The van der Waals surface area contributed by atoms with Crippen LogP contribution in [-0.2, 0) is 14.8 Å². The first kappa shape index (κ1) is 21.7. The maximum Gasteiger partial charge on any atom is 0.262 e. The lowest BCUT2D eigenvalue weighted by Gasteiger charge is -2.12. The van der Waals surface area contributed by atoms with E-state index in [4.69, 9.17) is 16.3 Å². The van der Waals surface area contributed by atoms with E-state index >= 15 is 0 Å². The van der Waals surface area contributed by atoms with Crippen LogP contribution in [0.3, 0.4) is 0 Å². The van der Waals surface area contributed by atoms with Crippen LogP contribution in [0.25, 0.3) is 0 Å². The van der Waals surface area contributed by atoms with E-state index in [2.05, 4.69) is 10.0 Å². The number of carbonyl (C=O) groups excluding carboxylic acids is 1. The van der Waals surface area contributed by atoms with Gasteiger partial charge in [-0.3, -0.25) is 9.52 Å². The SMILES string of the molecule is Cc1ccc(NC(=O)COc2ccc(S(=O)(=O)Nc3ccc(Cl)cc3)cc2C)cc1. The van der Waals surface area contributed by atoms with Crippen LogP contribution in [0, 0.1) is 13.8 Å². The quantitative estimate of drug-likeness (QED) is 0.549. The summed E-state index contributed by atoms with van der Waals surface area (Å²) in [5, 5.41) is 3.26. The highest BCUT2D eigenvalue weighted by atomic mass is 35.5. The number of sulfonamides is 1. The second-order valence-electron chi connectivity index (χ2n) is 6.74. The van der Waals surface area contributed by atoms with E-state index in [1.165, 1.54) is 18.2 Å². The molecule has 0 heterocycles. The monoisotopic (exact) mass is 444 g/mol. The highest BCUT2D eigenvalue weighted by Crippen LogP contribution is 2.24. The minimum atomic E-state index is -3.77. The predicted octanol–water partition coefficient (Wildman–Crippen LogP) is 4.78. The molecule has 3 rings (SSSR count). The molecule has 6 nitrogen and oxygen atoms in total. The van der Waals surface area contributed by atoms with E-state index in [1.54, 1.807) is 31.2 Å². The van der Waals surface area contributed by atoms with Crippen molar-refractivity contribution in [3.05, 3.63) is 82.9 Å². The molecule has 0 bridgehead atoms. The molecule has 1 amide bonds. The third-order valence-electron chi connectivity index (χ3n) is 4.25. The highest BCUT2D eigenvalue weighted by Gasteiger charge is 2.16. The number of rotatable bonds is 7. The first-order chi connectivity index (χ1) is 14.2. The maximum atomic E-state index is 12.6. The van der Waals surface area contributed by atoms with E-state index < -0.39 is 10.0 Å². The lowest BCUT2D eigenvalue weighted by atomic mass is 10.2. The lowest BCUT2D eigenvalue weighted by molar-refractivity contribution is -0.118. The van der Waals surface area contributed by atoms with Gasteiger partial charge in [0.15, 0.2) is 6.61 Å². The van der Waals surface area contributed by atoms with E-state index in [1.807, 2.05) is 31.2 Å². The molecule has 0 aliphatic carbocycles. The molecule has 2 N–H and O–H groups in total. The maximum absolute atomic E-state index is 12.6. The third-order valence-corrected chi connectivity index (χ3v) is 5.88. The Hall–Kier alpha value is -3.03. The fourth-order valence-corrected chi connectivity index (χ4v) is 3.93. The van der Waals surface area contributed by atoms with Crippen LogP contribution < -0.4 is 14.8 Å². The summed E-state index contributed by atoms with van der Waals surface area (Å²) < 4.78 is 33.2. The second-order valence-corrected chi connectivity index (χ2v) is 8.86. The number of amides is 1.